The molecular formula is C10H18BrNO. The number of nitrogens with one attached hydrogen (secondary N) is 1. The van der Waals surface area contributed by atoms with Crippen LogP contribution >= 0.6 is 15.9 Å². The van der Waals surface area contributed by atoms with Gasteiger partial charge in [-0.05, 0) is 25.2 Å². The molecule has 1 N–H and O–H groups in total. The van der Waals surface area contributed by atoms with Crippen LogP contribution in [0, 0.1) is 5.92 Å². The fourth-order valence-electron chi connectivity index (χ4n) is 1.61. The number of hydrogen-bond donors (Lipinski definition) is 1. The molecule has 1 rings (SSSR count). The molecule has 0 aromatic rings. The van der Waals surface area contributed by atoms with E-state index in [0.29, 0.717) is 12.3 Å². The molecule has 0 spiro atoms. The van der Waals surface area contributed by atoms with Crippen molar-refractivity contribution in [1.29, 1.82) is 0 Å². The highest BCUT2D eigenvalue weighted by atomic mass is 79.9. The molecule has 1 aliphatic carbocycles. The summed E-state index contributed by atoms with van der Waals surface area (Å²) in [4.78, 5) is 11.5. The Hall–Kier alpha value is -0.0500. The van der Waals surface area contributed by atoms with Gasteiger partial charge >= 0.3 is 0 Å². The van der Waals surface area contributed by atoms with Gasteiger partial charge in [0.2, 0.25) is 5.91 Å². The molecule has 13 heavy (non-hydrogen) atoms. The molecule has 1 fully saturated rings. The predicted octanol–water partition coefficient (Wildman–Crippen LogP) is 2.47. The van der Waals surface area contributed by atoms with Crippen molar-refractivity contribution in [2.24, 2.45) is 5.92 Å². The Labute approximate surface area is 88.6 Å². The van der Waals surface area contributed by atoms with Gasteiger partial charge in [0.1, 0.15) is 0 Å². The van der Waals surface area contributed by atoms with E-state index in [9.17, 15) is 4.79 Å². The molecular weight excluding hydrogens is 230 g/mol. The van der Waals surface area contributed by atoms with Gasteiger partial charge in [-0.2, -0.15) is 0 Å². The van der Waals surface area contributed by atoms with Gasteiger partial charge in [0.15, 0.2) is 0 Å². The maximum atomic E-state index is 11.5. The quantitative estimate of drug-likeness (QED) is 0.761. The topological polar surface area (TPSA) is 29.1 Å². The Morgan fingerprint density at radius 1 is 1.54 bits per heavy atom. The smallest absolute Gasteiger partial charge is 0.220 e. The Morgan fingerprint density at radius 2 is 2.15 bits per heavy atom. The Kier molecular flexibility index (Phi) is 3.77. The Bertz CT molecular complexity index is 182. The lowest BCUT2D eigenvalue weighted by Crippen LogP contribution is -2.55. The molecule has 0 aromatic heterocycles. The number of amides is 1. The minimum atomic E-state index is 0.0893. The highest BCUT2D eigenvalue weighted by Gasteiger charge is 2.36. The second-order valence-corrected chi connectivity index (χ2v) is 4.97. The summed E-state index contributed by atoms with van der Waals surface area (Å²) in [5.74, 6) is 0.654. The van der Waals surface area contributed by atoms with E-state index in [1.165, 1.54) is 6.42 Å². The van der Waals surface area contributed by atoms with Crippen molar-refractivity contribution in [3.8, 4) is 0 Å². The standard InChI is InChI=1S/C10H18BrNO/c1-8(2)6-9(13)12-10(7-11)4-3-5-10/h8H,3-7H2,1-2H3,(H,12,13). The van der Waals surface area contributed by atoms with Crippen LogP contribution in [0.2, 0.25) is 0 Å². The van der Waals surface area contributed by atoms with Crippen LogP contribution in [0.1, 0.15) is 39.5 Å². The lowest BCUT2D eigenvalue weighted by Gasteiger charge is -2.41. The number of halogens is 1. The van der Waals surface area contributed by atoms with E-state index in [-0.39, 0.29) is 11.4 Å². The third-order valence-electron chi connectivity index (χ3n) is 2.56. The van der Waals surface area contributed by atoms with Crippen LogP contribution in [0.3, 0.4) is 0 Å². The molecule has 0 bridgehead atoms. The Balaban J connectivity index is 2.34. The number of carbonyl (C=O) groups excluding carboxylic acids is 1. The van der Waals surface area contributed by atoms with Gasteiger partial charge in [-0.25, -0.2) is 0 Å². The van der Waals surface area contributed by atoms with Crippen molar-refractivity contribution in [2.75, 3.05) is 5.33 Å². The molecule has 2 nitrogen and oxygen atoms in total. The first-order chi connectivity index (χ1) is 6.08. The first-order valence-corrected chi connectivity index (χ1v) is 6.07. The van der Waals surface area contributed by atoms with Gasteiger partial charge in [0.05, 0.1) is 0 Å². The van der Waals surface area contributed by atoms with Crippen LogP contribution < -0.4 is 5.32 Å². The van der Waals surface area contributed by atoms with E-state index in [1.807, 2.05) is 0 Å². The predicted molar refractivity (Wildman–Crippen MR) is 58.0 cm³/mol. The second kappa shape index (κ2) is 4.45. The fourth-order valence-corrected chi connectivity index (χ4v) is 2.31. The maximum Gasteiger partial charge on any atom is 0.220 e. The van der Waals surface area contributed by atoms with E-state index in [2.05, 4.69) is 35.1 Å². The summed E-state index contributed by atoms with van der Waals surface area (Å²) in [6.07, 6.45) is 4.15. The van der Waals surface area contributed by atoms with Crippen molar-refractivity contribution < 1.29 is 4.79 Å². The lowest BCUT2D eigenvalue weighted by molar-refractivity contribution is -0.124. The van der Waals surface area contributed by atoms with Gasteiger partial charge in [-0.1, -0.05) is 29.8 Å². The summed E-state index contributed by atoms with van der Waals surface area (Å²) in [6, 6.07) is 0. The van der Waals surface area contributed by atoms with Crippen molar-refractivity contribution in [2.45, 2.75) is 45.1 Å². The molecule has 0 atom stereocenters. The van der Waals surface area contributed by atoms with Crippen LogP contribution in [0.25, 0.3) is 0 Å². The third kappa shape index (κ3) is 2.97. The molecule has 1 saturated carbocycles. The molecule has 1 amide bonds. The van der Waals surface area contributed by atoms with Crippen LogP contribution in [-0.4, -0.2) is 16.8 Å². The van der Waals surface area contributed by atoms with Crippen LogP contribution in [0.4, 0.5) is 0 Å². The van der Waals surface area contributed by atoms with Crippen LogP contribution in [0.5, 0.6) is 0 Å². The van der Waals surface area contributed by atoms with Gasteiger partial charge in [-0.15, -0.1) is 0 Å². The Morgan fingerprint density at radius 3 is 2.46 bits per heavy atom. The first kappa shape index (κ1) is 11.0. The van der Waals surface area contributed by atoms with E-state index >= 15 is 0 Å². The second-order valence-electron chi connectivity index (χ2n) is 4.41. The van der Waals surface area contributed by atoms with E-state index in [0.717, 1.165) is 18.2 Å². The van der Waals surface area contributed by atoms with Crippen molar-refractivity contribution >= 4 is 21.8 Å². The molecule has 1 aliphatic rings. The minimum absolute atomic E-state index is 0.0893. The summed E-state index contributed by atoms with van der Waals surface area (Å²) in [5, 5.41) is 4.02. The summed E-state index contributed by atoms with van der Waals surface area (Å²) in [6.45, 7) is 4.14. The normalized spacial score (nSPS) is 19.7. The average molecular weight is 248 g/mol. The molecule has 76 valence electrons. The molecule has 0 aromatic carbocycles. The van der Waals surface area contributed by atoms with Gasteiger partial charge in [0.25, 0.3) is 0 Å². The summed E-state index contributed by atoms with van der Waals surface area (Å²) < 4.78 is 0. The summed E-state index contributed by atoms with van der Waals surface area (Å²) in [5.41, 5.74) is 0.0893. The maximum absolute atomic E-state index is 11.5. The zero-order valence-corrected chi connectivity index (χ0v) is 9.99. The zero-order valence-electron chi connectivity index (χ0n) is 8.40. The first-order valence-electron chi connectivity index (χ1n) is 4.95. The average Bonchev–Trinajstić information content (AvgIpc) is 1.95. The van der Waals surface area contributed by atoms with E-state index in [1.54, 1.807) is 0 Å². The summed E-state index contributed by atoms with van der Waals surface area (Å²) >= 11 is 3.46. The largest absolute Gasteiger partial charge is 0.350 e. The highest BCUT2D eigenvalue weighted by Crippen LogP contribution is 2.33. The van der Waals surface area contributed by atoms with Crippen molar-refractivity contribution in [1.82, 2.24) is 5.32 Å². The molecule has 0 unspecified atom stereocenters. The van der Waals surface area contributed by atoms with Gasteiger partial charge < -0.3 is 5.32 Å². The number of alkyl halides is 1. The van der Waals surface area contributed by atoms with Crippen LogP contribution in [0.15, 0.2) is 0 Å². The van der Waals surface area contributed by atoms with Crippen LogP contribution in [-0.2, 0) is 4.79 Å². The van der Waals surface area contributed by atoms with E-state index in [4.69, 9.17) is 0 Å². The van der Waals surface area contributed by atoms with Crippen molar-refractivity contribution in [3.63, 3.8) is 0 Å². The molecule has 0 radical (unpaired) electrons. The minimum Gasteiger partial charge on any atom is -0.350 e. The number of carbonyl (C=O) groups is 1. The van der Waals surface area contributed by atoms with Crippen molar-refractivity contribution in [3.05, 3.63) is 0 Å². The number of hydrogen-bond acceptors (Lipinski definition) is 1. The monoisotopic (exact) mass is 247 g/mol. The van der Waals surface area contributed by atoms with Gasteiger partial charge in [0, 0.05) is 17.3 Å². The molecule has 0 heterocycles. The summed E-state index contributed by atoms with van der Waals surface area (Å²) in [7, 11) is 0. The van der Waals surface area contributed by atoms with Gasteiger partial charge in [-0.3, -0.25) is 4.79 Å². The van der Waals surface area contributed by atoms with E-state index < -0.39 is 0 Å². The zero-order chi connectivity index (χ0) is 9.90. The third-order valence-corrected chi connectivity index (χ3v) is 3.64. The molecule has 3 heteroatoms. The highest BCUT2D eigenvalue weighted by molar-refractivity contribution is 9.09. The number of rotatable bonds is 4. The molecule has 0 aliphatic heterocycles. The lowest BCUT2D eigenvalue weighted by atomic mass is 9.78. The fraction of sp³-hybridized carbons (Fsp3) is 0.900. The SMILES string of the molecule is CC(C)CC(=O)NC1(CBr)CCC1. The molecule has 0 saturated heterocycles.